The lowest BCUT2D eigenvalue weighted by Crippen LogP contribution is -2.19. The van der Waals surface area contributed by atoms with Gasteiger partial charge in [-0.15, -0.1) is 0 Å². The van der Waals surface area contributed by atoms with Gasteiger partial charge in [0.15, 0.2) is 5.69 Å². The van der Waals surface area contributed by atoms with E-state index in [4.69, 9.17) is 0 Å². The van der Waals surface area contributed by atoms with Gasteiger partial charge in [-0.2, -0.15) is 10.2 Å². The molecule has 0 atom stereocenters. The maximum Gasteiger partial charge on any atom is 0.293 e. The zero-order valence-corrected chi connectivity index (χ0v) is 16.6. The molecule has 0 aliphatic heterocycles. The molecule has 0 saturated heterocycles. The number of nitrogens with one attached hydrogen (secondary N) is 1. The smallest absolute Gasteiger partial charge is 0.293 e. The van der Waals surface area contributed by atoms with Crippen molar-refractivity contribution in [1.82, 2.24) is 15.2 Å². The first-order valence-electron chi connectivity index (χ1n) is 7.61. The van der Waals surface area contributed by atoms with Gasteiger partial charge in [0.1, 0.15) is 5.75 Å². The lowest BCUT2D eigenvalue weighted by molar-refractivity contribution is 0.0948. The number of nitrogens with zero attached hydrogens (tertiary/aromatic N) is 3. The average molecular weight is 478 g/mol. The fourth-order valence-corrected chi connectivity index (χ4v) is 2.99. The van der Waals surface area contributed by atoms with Crippen LogP contribution in [0.3, 0.4) is 0 Å². The number of carbonyl (C=O) groups is 1. The predicted octanol–water partition coefficient (Wildman–Crippen LogP) is 3.93. The van der Waals surface area contributed by atoms with E-state index in [9.17, 15) is 9.90 Å². The van der Waals surface area contributed by atoms with Crippen molar-refractivity contribution in [3.63, 3.8) is 0 Å². The normalized spacial score (nSPS) is 11.0. The Hall–Kier alpha value is -2.45. The van der Waals surface area contributed by atoms with Crippen LogP contribution in [0.25, 0.3) is 0 Å². The molecule has 3 aromatic rings. The molecular formula is C18H14Br2N4O2. The molecule has 0 aliphatic rings. The van der Waals surface area contributed by atoms with E-state index in [2.05, 4.69) is 47.5 Å². The first-order valence-corrected chi connectivity index (χ1v) is 9.20. The molecule has 0 aliphatic carbocycles. The molecule has 0 saturated carbocycles. The number of hydrogen-bond acceptors (Lipinski definition) is 4. The minimum atomic E-state index is -0.428. The highest BCUT2D eigenvalue weighted by molar-refractivity contribution is 9.10. The summed E-state index contributed by atoms with van der Waals surface area (Å²) < 4.78 is 3.27. The van der Waals surface area contributed by atoms with Gasteiger partial charge in [-0.25, -0.2) is 5.43 Å². The molecule has 0 bridgehead atoms. The second-order valence-corrected chi connectivity index (χ2v) is 7.21. The van der Waals surface area contributed by atoms with Crippen molar-refractivity contribution in [2.24, 2.45) is 5.10 Å². The summed E-state index contributed by atoms with van der Waals surface area (Å²) in [5, 5.41) is 17.6. The Morgan fingerprint density at radius 3 is 2.73 bits per heavy atom. The SMILES string of the molecule is O=C(N/N=C\c1cccc(O)c1)c1nn(Cc2ccc(Br)cc2)cc1Br. The third-order valence-electron chi connectivity index (χ3n) is 3.44. The van der Waals surface area contributed by atoms with Crippen molar-refractivity contribution in [2.45, 2.75) is 6.54 Å². The van der Waals surface area contributed by atoms with E-state index in [0.29, 0.717) is 16.6 Å². The summed E-state index contributed by atoms with van der Waals surface area (Å²) in [5.74, 6) is -0.294. The average Bonchev–Trinajstić information content (AvgIpc) is 2.97. The van der Waals surface area contributed by atoms with E-state index in [-0.39, 0.29) is 11.4 Å². The number of phenolic OH excluding ortho intramolecular Hbond substituents is 1. The Kier molecular flexibility index (Phi) is 5.85. The van der Waals surface area contributed by atoms with Crippen molar-refractivity contribution in [1.29, 1.82) is 0 Å². The van der Waals surface area contributed by atoms with Crippen LogP contribution >= 0.6 is 31.9 Å². The summed E-state index contributed by atoms with van der Waals surface area (Å²) in [6, 6.07) is 14.4. The summed E-state index contributed by atoms with van der Waals surface area (Å²) in [4.78, 5) is 12.2. The highest BCUT2D eigenvalue weighted by Crippen LogP contribution is 2.17. The van der Waals surface area contributed by atoms with Crippen LogP contribution in [0, 0.1) is 0 Å². The maximum absolute atomic E-state index is 12.2. The molecule has 132 valence electrons. The molecule has 26 heavy (non-hydrogen) atoms. The Balaban J connectivity index is 1.66. The van der Waals surface area contributed by atoms with Crippen molar-refractivity contribution in [2.75, 3.05) is 0 Å². The van der Waals surface area contributed by atoms with Crippen LogP contribution in [-0.2, 0) is 6.54 Å². The second kappa shape index (κ2) is 8.29. The molecule has 3 rings (SSSR count). The number of rotatable bonds is 5. The van der Waals surface area contributed by atoms with Crippen LogP contribution in [0.2, 0.25) is 0 Å². The number of benzene rings is 2. The maximum atomic E-state index is 12.2. The molecule has 2 N–H and O–H groups in total. The molecule has 1 heterocycles. The predicted molar refractivity (Wildman–Crippen MR) is 106 cm³/mol. The third-order valence-corrected chi connectivity index (χ3v) is 4.55. The fraction of sp³-hybridized carbons (Fsp3) is 0.0556. The standard InChI is InChI=1S/C18H14Br2N4O2/c19-14-6-4-12(5-7-14)10-24-11-16(20)17(23-24)18(26)22-21-9-13-2-1-3-15(25)8-13/h1-9,11,25H,10H2,(H,22,26)/b21-9-. The molecule has 0 unspecified atom stereocenters. The number of aromatic hydroxyl groups is 1. The van der Waals surface area contributed by atoms with Crippen molar-refractivity contribution < 1.29 is 9.90 Å². The Labute approximate surface area is 166 Å². The van der Waals surface area contributed by atoms with Crippen LogP contribution in [0.1, 0.15) is 21.6 Å². The zero-order valence-electron chi connectivity index (χ0n) is 13.4. The molecule has 2 aromatic carbocycles. The van der Waals surface area contributed by atoms with Gasteiger partial charge in [-0.3, -0.25) is 9.48 Å². The lowest BCUT2D eigenvalue weighted by atomic mass is 10.2. The van der Waals surface area contributed by atoms with Crippen LogP contribution < -0.4 is 5.43 Å². The van der Waals surface area contributed by atoms with Gasteiger partial charge in [-0.1, -0.05) is 40.2 Å². The summed E-state index contributed by atoms with van der Waals surface area (Å²) in [6.45, 7) is 0.547. The zero-order chi connectivity index (χ0) is 18.5. The van der Waals surface area contributed by atoms with E-state index < -0.39 is 5.91 Å². The van der Waals surface area contributed by atoms with E-state index in [1.807, 2.05) is 24.3 Å². The third kappa shape index (κ3) is 4.80. The van der Waals surface area contributed by atoms with Crippen molar-refractivity contribution in [3.8, 4) is 5.75 Å². The van der Waals surface area contributed by atoms with Crippen LogP contribution in [0.15, 0.2) is 68.8 Å². The number of hydrazone groups is 1. The fourth-order valence-electron chi connectivity index (χ4n) is 2.23. The van der Waals surface area contributed by atoms with Gasteiger partial charge >= 0.3 is 0 Å². The largest absolute Gasteiger partial charge is 0.508 e. The topological polar surface area (TPSA) is 79.5 Å². The molecule has 0 radical (unpaired) electrons. The van der Waals surface area contributed by atoms with Crippen LogP contribution in [0.5, 0.6) is 5.75 Å². The molecule has 1 amide bonds. The number of phenols is 1. The van der Waals surface area contributed by atoms with Gasteiger partial charge in [0.25, 0.3) is 5.91 Å². The van der Waals surface area contributed by atoms with E-state index in [1.165, 1.54) is 6.21 Å². The van der Waals surface area contributed by atoms with Crippen LogP contribution in [-0.4, -0.2) is 27.0 Å². The molecule has 0 fully saturated rings. The summed E-state index contributed by atoms with van der Waals surface area (Å²) in [7, 11) is 0. The van der Waals surface area contributed by atoms with Gasteiger partial charge in [-0.05, 0) is 51.3 Å². The van der Waals surface area contributed by atoms with E-state index in [0.717, 1.165) is 10.0 Å². The Morgan fingerprint density at radius 1 is 1.23 bits per heavy atom. The number of hydrogen-bond donors (Lipinski definition) is 2. The Bertz CT molecular complexity index is 952. The van der Waals surface area contributed by atoms with Gasteiger partial charge in [0.05, 0.1) is 17.2 Å². The minimum absolute atomic E-state index is 0.134. The van der Waals surface area contributed by atoms with Gasteiger partial charge in [0.2, 0.25) is 0 Å². The summed E-state index contributed by atoms with van der Waals surface area (Å²) >= 11 is 6.75. The van der Waals surface area contributed by atoms with E-state index in [1.54, 1.807) is 35.1 Å². The second-order valence-electron chi connectivity index (χ2n) is 5.44. The number of aromatic nitrogens is 2. The highest BCUT2D eigenvalue weighted by Gasteiger charge is 2.14. The van der Waals surface area contributed by atoms with Crippen molar-refractivity contribution in [3.05, 3.63) is 80.5 Å². The molecule has 8 heteroatoms. The monoisotopic (exact) mass is 476 g/mol. The van der Waals surface area contributed by atoms with Crippen LogP contribution in [0.4, 0.5) is 0 Å². The lowest BCUT2D eigenvalue weighted by Gasteiger charge is -2.02. The van der Waals surface area contributed by atoms with E-state index >= 15 is 0 Å². The number of halogens is 2. The Morgan fingerprint density at radius 2 is 2.00 bits per heavy atom. The van der Waals surface area contributed by atoms with Gasteiger partial charge in [0, 0.05) is 10.7 Å². The first-order chi connectivity index (χ1) is 12.5. The number of amides is 1. The summed E-state index contributed by atoms with van der Waals surface area (Å²) in [5.41, 5.74) is 4.41. The minimum Gasteiger partial charge on any atom is -0.508 e. The molecule has 0 spiro atoms. The highest BCUT2D eigenvalue weighted by atomic mass is 79.9. The molecule has 1 aromatic heterocycles. The molecule has 6 nitrogen and oxygen atoms in total. The number of carbonyl (C=O) groups excluding carboxylic acids is 1. The summed E-state index contributed by atoms with van der Waals surface area (Å²) in [6.07, 6.45) is 3.19. The first kappa shape index (κ1) is 18.3. The van der Waals surface area contributed by atoms with Crippen molar-refractivity contribution >= 4 is 44.0 Å². The quantitative estimate of drug-likeness (QED) is 0.431. The molecular weight excluding hydrogens is 464 g/mol. The van der Waals surface area contributed by atoms with Gasteiger partial charge < -0.3 is 5.11 Å².